The van der Waals surface area contributed by atoms with Crippen molar-refractivity contribution < 1.29 is 5.11 Å². The molecule has 0 bridgehead atoms. The molecule has 0 amide bonds. The lowest BCUT2D eigenvalue weighted by atomic mass is 10.0. The number of hydrogen-bond donors (Lipinski definition) is 2. The molecule has 0 aliphatic rings. The molecular formula is C13H20BrNO. The minimum atomic E-state index is 0.340. The van der Waals surface area contributed by atoms with Crippen LogP contribution in [-0.2, 0) is 6.54 Å². The predicted octanol–water partition coefficient (Wildman–Crippen LogP) is 3.68. The maximum absolute atomic E-state index is 9.81. The summed E-state index contributed by atoms with van der Waals surface area (Å²) >= 11 is 3.32. The molecule has 1 aromatic rings. The van der Waals surface area contributed by atoms with E-state index in [-0.39, 0.29) is 0 Å². The van der Waals surface area contributed by atoms with Gasteiger partial charge < -0.3 is 10.4 Å². The normalized spacial score (nSPS) is 13.1. The van der Waals surface area contributed by atoms with Gasteiger partial charge in [-0.25, -0.2) is 0 Å². The van der Waals surface area contributed by atoms with Crippen LogP contribution in [0.3, 0.4) is 0 Å². The van der Waals surface area contributed by atoms with E-state index in [4.69, 9.17) is 0 Å². The summed E-state index contributed by atoms with van der Waals surface area (Å²) in [6.07, 6.45) is 1.15. The number of benzene rings is 1. The van der Waals surface area contributed by atoms with Gasteiger partial charge in [-0.05, 0) is 41.3 Å². The van der Waals surface area contributed by atoms with Crippen molar-refractivity contribution in [3.05, 3.63) is 28.2 Å². The predicted molar refractivity (Wildman–Crippen MR) is 71.6 cm³/mol. The Balaban J connectivity index is 2.51. The van der Waals surface area contributed by atoms with Gasteiger partial charge >= 0.3 is 0 Å². The van der Waals surface area contributed by atoms with E-state index in [0.717, 1.165) is 16.5 Å². The Bertz CT molecular complexity index is 339. The van der Waals surface area contributed by atoms with Gasteiger partial charge in [0.25, 0.3) is 0 Å². The van der Waals surface area contributed by atoms with Crippen LogP contribution in [0.4, 0.5) is 0 Å². The highest BCUT2D eigenvalue weighted by atomic mass is 79.9. The van der Waals surface area contributed by atoms with Crippen LogP contribution in [0.1, 0.15) is 32.8 Å². The van der Waals surface area contributed by atoms with Crippen LogP contribution in [0.2, 0.25) is 0 Å². The van der Waals surface area contributed by atoms with E-state index in [2.05, 4.69) is 42.0 Å². The van der Waals surface area contributed by atoms with Crippen LogP contribution in [0.25, 0.3) is 0 Å². The van der Waals surface area contributed by atoms with Crippen molar-refractivity contribution in [3.63, 3.8) is 0 Å². The topological polar surface area (TPSA) is 32.3 Å². The summed E-state index contributed by atoms with van der Waals surface area (Å²) in [4.78, 5) is 0. The number of aromatic hydroxyl groups is 1. The summed E-state index contributed by atoms with van der Waals surface area (Å²) in [6.45, 7) is 7.32. The smallest absolute Gasteiger partial charge is 0.134 e. The first-order chi connectivity index (χ1) is 7.50. The largest absolute Gasteiger partial charge is 0.506 e. The summed E-state index contributed by atoms with van der Waals surface area (Å²) in [5.41, 5.74) is 0.935. The summed E-state index contributed by atoms with van der Waals surface area (Å²) in [7, 11) is 0. The van der Waals surface area contributed by atoms with Crippen molar-refractivity contribution in [1.82, 2.24) is 5.32 Å². The van der Waals surface area contributed by atoms with Crippen molar-refractivity contribution in [2.24, 2.45) is 5.92 Å². The summed E-state index contributed by atoms with van der Waals surface area (Å²) in [5, 5.41) is 13.2. The second-order valence-electron chi connectivity index (χ2n) is 4.66. The van der Waals surface area contributed by atoms with Crippen molar-refractivity contribution in [1.29, 1.82) is 0 Å². The fourth-order valence-corrected chi connectivity index (χ4v) is 2.18. The Morgan fingerprint density at radius 2 is 2.00 bits per heavy atom. The molecule has 1 aromatic carbocycles. The second-order valence-corrected chi connectivity index (χ2v) is 5.51. The first-order valence-corrected chi connectivity index (χ1v) is 6.49. The molecule has 0 spiro atoms. The van der Waals surface area contributed by atoms with Gasteiger partial charge in [-0.1, -0.05) is 26.0 Å². The Labute approximate surface area is 106 Å². The molecule has 90 valence electrons. The van der Waals surface area contributed by atoms with Gasteiger partial charge in [0, 0.05) is 18.2 Å². The van der Waals surface area contributed by atoms with Gasteiger partial charge in [-0.3, -0.25) is 0 Å². The maximum Gasteiger partial charge on any atom is 0.134 e. The number of phenolic OH excluding ortho intramolecular Hbond substituents is 1. The third-order valence-corrected chi connectivity index (χ3v) is 3.18. The molecule has 0 aliphatic carbocycles. The molecule has 0 heterocycles. The maximum atomic E-state index is 9.81. The number of nitrogens with one attached hydrogen (secondary N) is 1. The molecule has 0 saturated carbocycles. The fourth-order valence-electron chi connectivity index (χ4n) is 1.78. The second kappa shape index (κ2) is 6.26. The Kier molecular flexibility index (Phi) is 5.29. The average Bonchev–Trinajstić information content (AvgIpc) is 2.19. The van der Waals surface area contributed by atoms with Crippen LogP contribution >= 0.6 is 15.9 Å². The van der Waals surface area contributed by atoms with Gasteiger partial charge in [0.15, 0.2) is 0 Å². The monoisotopic (exact) mass is 285 g/mol. The van der Waals surface area contributed by atoms with E-state index in [1.165, 1.54) is 0 Å². The lowest BCUT2D eigenvalue weighted by Crippen LogP contribution is -2.26. The lowest BCUT2D eigenvalue weighted by Gasteiger charge is -2.16. The molecule has 1 rings (SSSR count). The summed E-state index contributed by atoms with van der Waals surface area (Å²) < 4.78 is 0.753. The molecule has 0 aromatic heterocycles. The Hall–Kier alpha value is -0.540. The Morgan fingerprint density at radius 3 is 2.62 bits per heavy atom. The average molecular weight is 286 g/mol. The summed E-state index contributed by atoms with van der Waals surface area (Å²) in [6, 6.07) is 6.19. The molecular weight excluding hydrogens is 266 g/mol. The van der Waals surface area contributed by atoms with E-state index < -0.39 is 0 Å². The van der Waals surface area contributed by atoms with Crippen molar-refractivity contribution in [2.45, 2.75) is 39.8 Å². The molecule has 2 N–H and O–H groups in total. The molecule has 0 saturated heterocycles. The van der Waals surface area contributed by atoms with Gasteiger partial charge in [-0.2, -0.15) is 0 Å². The van der Waals surface area contributed by atoms with Crippen LogP contribution < -0.4 is 5.32 Å². The molecule has 3 heteroatoms. The SMILES string of the molecule is CC(C)CC(C)NCc1cccc(Br)c1O. The van der Waals surface area contributed by atoms with Gasteiger partial charge in [0.1, 0.15) is 5.75 Å². The molecule has 16 heavy (non-hydrogen) atoms. The molecule has 2 nitrogen and oxygen atoms in total. The first kappa shape index (κ1) is 13.5. The highest BCUT2D eigenvalue weighted by molar-refractivity contribution is 9.10. The standard InChI is InChI=1S/C13H20BrNO/c1-9(2)7-10(3)15-8-11-5-4-6-12(14)13(11)16/h4-6,9-10,15-16H,7-8H2,1-3H3. The summed E-state index contributed by atoms with van der Waals surface area (Å²) in [5.74, 6) is 1.03. The van der Waals surface area contributed by atoms with Crippen molar-refractivity contribution >= 4 is 15.9 Å². The minimum absolute atomic E-state index is 0.340. The molecule has 1 atom stereocenters. The van der Waals surface area contributed by atoms with Gasteiger partial charge in [0.2, 0.25) is 0 Å². The zero-order chi connectivity index (χ0) is 12.1. The zero-order valence-electron chi connectivity index (χ0n) is 10.1. The fraction of sp³-hybridized carbons (Fsp3) is 0.538. The number of rotatable bonds is 5. The van der Waals surface area contributed by atoms with Crippen molar-refractivity contribution in [2.75, 3.05) is 0 Å². The van der Waals surface area contributed by atoms with E-state index in [9.17, 15) is 5.11 Å². The van der Waals surface area contributed by atoms with Gasteiger partial charge in [0.05, 0.1) is 4.47 Å². The van der Waals surface area contributed by atoms with E-state index in [0.29, 0.717) is 24.3 Å². The van der Waals surface area contributed by atoms with E-state index >= 15 is 0 Å². The third kappa shape index (κ3) is 4.14. The Morgan fingerprint density at radius 1 is 1.31 bits per heavy atom. The number of phenols is 1. The van der Waals surface area contributed by atoms with E-state index in [1.54, 1.807) is 0 Å². The number of hydrogen-bond acceptors (Lipinski definition) is 2. The van der Waals surface area contributed by atoms with E-state index in [1.807, 2.05) is 18.2 Å². The van der Waals surface area contributed by atoms with Crippen LogP contribution in [0, 0.1) is 5.92 Å². The first-order valence-electron chi connectivity index (χ1n) is 5.70. The molecule has 1 unspecified atom stereocenters. The van der Waals surface area contributed by atoms with Crippen LogP contribution in [0.5, 0.6) is 5.75 Å². The lowest BCUT2D eigenvalue weighted by molar-refractivity contribution is 0.428. The highest BCUT2D eigenvalue weighted by Gasteiger charge is 2.07. The molecule has 0 radical (unpaired) electrons. The highest BCUT2D eigenvalue weighted by Crippen LogP contribution is 2.27. The van der Waals surface area contributed by atoms with Crippen LogP contribution in [0.15, 0.2) is 22.7 Å². The zero-order valence-corrected chi connectivity index (χ0v) is 11.7. The van der Waals surface area contributed by atoms with Crippen molar-refractivity contribution in [3.8, 4) is 5.75 Å². The van der Waals surface area contributed by atoms with Gasteiger partial charge in [-0.15, -0.1) is 0 Å². The van der Waals surface area contributed by atoms with Crippen LogP contribution in [-0.4, -0.2) is 11.1 Å². The minimum Gasteiger partial charge on any atom is -0.506 e. The molecule has 0 fully saturated rings. The molecule has 0 aliphatic heterocycles. The number of para-hydroxylation sites is 1. The number of halogens is 1. The quantitative estimate of drug-likeness (QED) is 0.865. The third-order valence-electron chi connectivity index (χ3n) is 2.54.